The summed E-state index contributed by atoms with van der Waals surface area (Å²) >= 11 is 0. The molecule has 94 valence electrons. The average Bonchev–Trinajstić information content (AvgIpc) is 2.32. The van der Waals surface area contributed by atoms with E-state index < -0.39 is 0 Å². The summed E-state index contributed by atoms with van der Waals surface area (Å²) in [5, 5.41) is 9.72. The maximum atomic E-state index is 13.1. The number of aliphatic hydroxyl groups excluding tert-OH is 1. The van der Waals surface area contributed by atoms with Crippen LogP contribution in [-0.4, -0.2) is 29.2 Å². The van der Waals surface area contributed by atoms with Gasteiger partial charge in [-0.3, -0.25) is 4.90 Å². The van der Waals surface area contributed by atoms with E-state index in [1.165, 1.54) is 11.6 Å². The molecule has 0 amide bonds. The quantitative estimate of drug-likeness (QED) is 0.873. The highest BCUT2D eigenvalue weighted by atomic mass is 19.1. The second-order valence-corrected chi connectivity index (χ2v) is 4.83. The molecule has 3 heteroatoms. The van der Waals surface area contributed by atoms with Crippen molar-refractivity contribution in [1.29, 1.82) is 0 Å². The average molecular weight is 237 g/mol. The Hall–Kier alpha value is -0.930. The molecule has 0 aromatic heterocycles. The van der Waals surface area contributed by atoms with Crippen LogP contribution in [0.25, 0.3) is 0 Å². The molecular weight excluding hydrogens is 217 g/mol. The molecule has 0 spiro atoms. The number of fused-ring (bicyclic) bond motifs is 1. The SMILES string of the molecule is CC[C@H](O)CN1CCc2cc(F)ccc2[C@H]1C. The summed E-state index contributed by atoms with van der Waals surface area (Å²) in [6.07, 6.45) is 1.38. The van der Waals surface area contributed by atoms with Gasteiger partial charge in [-0.05, 0) is 43.0 Å². The molecule has 1 aromatic rings. The first-order valence-electron chi connectivity index (χ1n) is 6.32. The van der Waals surface area contributed by atoms with Crippen molar-refractivity contribution in [3.63, 3.8) is 0 Å². The normalized spacial score (nSPS) is 22.2. The molecule has 0 bridgehead atoms. The number of halogens is 1. The van der Waals surface area contributed by atoms with Crippen molar-refractivity contribution in [3.05, 3.63) is 35.1 Å². The molecule has 1 aromatic carbocycles. The maximum absolute atomic E-state index is 13.1. The van der Waals surface area contributed by atoms with Crippen molar-refractivity contribution in [2.45, 2.75) is 38.8 Å². The molecule has 1 aliphatic rings. The Morgan fingerprint density at radius 2 is 2.29 bits per heavy atom. The van der Waals surface area contributed by atoms with Crippen molar-refractivity contribution in [2.75, 3.05) is 13.1 Å². The van der Waals surface area contributed by atoms with Gasteiger partial charge in [0.1, 0.15) is 5.82 Å². The number of benzene rings is 1. The molecule has 0 unspecified atom stereocenters. The summed E-state index contributed by atoms with van der Waals surface area (Å²) < 4.78 is 13.1. The van der Waals surface area contributed by atoms with E-state index in [4.69, 9.17) is 0 Å². The number of aliphatic hydroxyl groups is 1. The van der Waals surface area contributed by atoms with Gasteiger partial charge in [0.2, 0.25) is 0 Å². The van der Waals surface area contributed by atoms with E-state index >= 15 is 0 Å². The van der Waals surface area contributed by atoms with Gasteiger partial charge in [0.25, 0.3) is 0 Å². The van der Waals surface area contributed by atoms with Crippen LogP contribution in [0.5, 0.6) is 0 Å². The largest absolute Gasteiger partial charge is 0.392 e. The number of β-amino-alcohol motifs (C(OH)–C–C–N with tert-alkyl or cyclic N) is 1. The fraction of sp³-hybridized carbons (Fsp3) is 0.571. The fourth-order valence-corrected chi connectivity index (χ4v) is 2.50. The minimum atomic E-state index is -0.264. The van der Waals surface area contributed by atoms with Crippen LogP contribution in [0.4, 0.5) is 4.39 Å². The Labute approximate surface area is 102 Å². The molecular formula is C14H20FNO. The molecule has 1 heterocycles. The molecule has 2 atom stereocenters. The molecule has 0 radical (unpaired) electrons. The number of rotatable bonds is 3. The van der Waals surface area contributed by atoms with Gasteiger partial charge in [0, 0.05) is 19.1 Å². The third kappa shape index (κ3) is 2.67. The zero-order valence-electron chi connectivity index (χ0n) is 10.5. The van der Waals surface area contributed by atoms with E-state index in [1.54, 1.807) is 6.07 Å². The second kappa shape index (κ2) is 5.15. The highest BCUT2D eigenvalue weighted by Crippen LogP contribution is 2.29. The van der Waals surface area contributed by atoms with E-state index in [0.717, 1.165) is 24.9 Å². The smallest absolute Gasteiger partial charge is 0.123 e. The van der Waals surface area contributed by atoms with Crippen LogP contribution in [0.3, 0.4) is 0 Å². The van der Waals surface area contributed by atoms with E-state index in [0.29, 0.717) is 6.54 Å². The lowest BCUT2D eigenvalue weighted by atomic mass is 9.93. The summed E-state index contributed by atoms with van der Waals surface area (Å²) in [4.78, 5) is 2.27. The zero-order valence-corrected chi connectivity index (χ0v) is 10.5. The Balaban J connectivity index is 2.15. The van der Waals surface area contributed by atoms with Crippen LogP contribution in [0, 0.1) is 5.82 Å². The monoisotopic (exact) mass is 237 g/mol. The first-order chi connectivity index (χ1) is 8.11. The molecule has 17 heavy (non-hydrogen) atoms. The third-order valence-corrected chi connectivity index (χ3v) is 3.69. The Kier molecular flexibility index (Phi) is 3.79. The van der Waals surface area contributed by atoms with Crippen molar-refractivity contribution < 1.29 is 9.50 Å². The number of nitrogens with zero attached hydrogens (tertiary/aromatic N) is 1. The lowest BCUT2D eigenvalue weighted by molar-refractivity contribution is 0.0840. The molecule has 0 aliphatic carbocycles. The molecule has 1 aliphatic heterocycles. The Morgan fingerprint density at radius 3 is 3.00 bits per heavy atom. The summed E-state index contributed by atoms with van der Waals surface area (Å²) in [5.74, 6) is -0.155. The van der Waals surface area contributed by atoms with Gasteiger partial charge in [-0.2, -0.15) is 0 Å². The van der Waals surface area contributed by atoms with Crippen LogP contribution in [0.1, 0.15) is 37.4 Å². The summed E-state index contributed by atoms with van der Waals surface area (Å²) in [5.41, 5.74) is 2.31. The maximum Gasteiger partial charge on any atom is 0.123 e. The lowest BCUT2D eigenvalue weighted by Crippen LogP contribution is -2.39. The van der Waals surface area contributed by atoms with E-state index in [1.807, 2.05) is 13.0 Å². The fourth-order valence-electron chi connectivity index (χ4n) is 2.50. The Bertz CT molecular complexity index is 394. The highest BCUT2D eigenvalue weighted by molar-refractivity contribution is 5.32. The molecule has 1 N–H and O–H groups in total. The van der Waals surface area contributed by atoms with Crippen LogP contribution in [0.15, 0.2) is 18.2 Å². The summed E-state index contributed by atoms with van der Waals surface area (Å²) in [6, 6.07) is 5.30. The Morgan fingerprint density at radius 1 is 1.53 bits per heavy atom. The molecule has 0 saturated carbocycles. The van der Waals surface area contributed by atoms with Crippen LogP contribution >= 0.6 is 0 Å². The van der Waals surface area contributed by atoms with Gasteiger partial charge >= 0.3 is 0 Å². The summed E-state index contributed by atoms with van der Waals surface area (Å²) in [6.45, 7) is 5.71. The predicted molar refractivity (Wildman–Crippen MR) is 66.4 cm³/mol. The minimum absolute atomic E-state index is 0.155. The lowest BCUT2D eigenvalue weighted by Gasteiger charge is -2.36. The number of hydrogen-bond acceptors (Lipinski definition) is 2. The first kappa shape index (κ1) is 12.5. The van der Waals surface area contributed by atoms with Gasteiger partial charge in [0.15, 0.2) is 0 Å². The summed E-state index contributed by atoms with van der Waals surface area (Å²) in [7, 11) is 0. The van der Waals surface area contributed by atoms with Gasteiger partial charge in [-0.1, -0.05) is 13.0 Å². The van der Waals surface area contributed by atoms with Gasteiger partial charge in [0.05, 0.1) is 6.10 Å². The van der Waals surface area contributed by atoms with Gasteiger partial charge in [-0.15, -0.1) is 0 Å². The van der Waals surface area contributed by atoms with Crippen molar-refractivity contribution in [2.24, 2.45) is 0 Å². The van der Waals surface area contributed by atoms with Crippen LogP contribution in [-0.2, 0) is 6.42 Å². The molecule has 2 rings (SSSR count). The predicted octanol–water partition coefficient (Wildman–Crippen LogP) is 2.52. The standard InChI is InChI=1S/C14H20FNO/c1-3-13(17)9-16-7-6-11-8-12(15)4-5-14(11)10(16)2/h4-5,8,10,13,17H,3,6-7,9H2,1-2H3/t10-,13+/m1/s1. The first-order valence-corrected chi connectivity index (χ1v) is 6.32. The van der Waals surface area contributed by atoms with Crippen LogP contribution < -0.4 is 0 Å². The minimum Gasteiger partial charge on any atom is -0.392 e. The second-order valence-electron chi connectivity index (χ2n) is 4.83. The van der Waals surface area contributed by atoms with Crippen LogP contribution in [0.2, 0.25) is 0 Å². The topological polar surface area (TPSA) is 23.5 Å². The van der Waals surface area contributed by atoms with E-state index in [2.05, 4.69) is 11.8 Å². The zero-order chi connectivity index (χ0) is 12.4. The van der Waals surface area contributed by atoms with E-state index in [9.17, 15) is 9.50 Å². The van der Waals surface area contributed by atoms with Crippen molar-refractivity contribution >= 4 is 0 Å². The third-order valence-electron chi connectivity index (χ3n) is 3.69. The number of hydrogen-bond donors (Lipinski definition) is 1. The molecule has 2 nitrogen and oxygen atoms in total. The van der Waals surface area contributed by atoms with Crippen molar-refractivity contribution in [1.82, 2.24) is 4.90 Å². The van der Waals surface area contributed by atoms with Gasteiger partial charge < -0.3 is 5.11 Å². The van der Waals surface area contributed by atoms with Gasteiger partial charge in [-0.25, -0.2) is 4.39 Å². The molecule has 0 saturated heterocycles. The molecule has 0 fully saturated rings. The van der Waals surface area contributed by atoms with E-state index in [-0.39, 0.29) is 18.0 Å². The van der Waals surface area contributed by atoms with Crippen molar-refractivity contribution in [3.8, 4) is 0 Å². The highest BCUT2D eigenvalue weighted by Gasteiger charge is 2.25.